The van der Waals surface area contributed by atoms with E-state index >= 15 is 0 Å². The Kier molecular flexibility index (Phi) is 4.18. The second-order valence-corrected chi connectivity index (χ2v) is 4.59. The molecule has 2 aromatic rings. The summed E-state index contributed by atoms with van der Waals surface area (Å²) in [7, 11) is 0. The number of nitrogens with two attached hydrogens (primary N) is 1. The van der Waals surface area contributed by atoms with Gasteiger partial charge >= 0.3 is 5.97 Å². The molecule has 1 heterocycles. The Morgan fingerprint density at radius 1 is 1.29 bits per heavy atom. The lowest BCUT2D eigenvalue weighted by Gasteiger charge is -2.22. The first kappa shape index (κ1) is 14.5. The number of hydrogen-bond acceptors (Lipinski definition) is 4. The molecule has 0 aliphatic carbocycles. The number of aliphatic carboxylic acids is 1. The van der Waals surface area contributed by atoms with E-state index in [4.69, 9.17) is 10.8 Å². The molecular weight excluding hydrogens is 270 g/mol. The van der Waals surface area contributed by atoms with Crippen LogP contribution in [0.4, 0.5) is 11.4 Å². The van der Waals surface area contributed by atoms with E-state index in [1.807, 2.05) is 6.92 Å². The second kappa shape index (κ2) is 6.04. The zero-order valence-electron chi connectivity index (χ0n) is 11.5. The summed E-state index contributed by atoms with van der Waals surface area (Å²) in [5.74, 6) is -1.57. The highest BCUT2D eigenvalue weighted by atomic mass is 16.4. The summed E-state index contributed by atoms with van der Waals surface area (Å²) < 4.78 is 0. The average Bonchev–Trinajstić information content (AvgIpc) is 2.45. The lowest BCUT2D eigenvalue weighted by molar-refractivity contribution is -0.135. The third-order valence-corrected chi connectivity index (χ3v) is 2.89. The highest BCUT2D eigenvalue weighted by Gasteiger charge is 2.22. The van der Waals surface area contributed by atoms with E-state index in [9.17, 15) is 9.59 Å². The Balaban J connectivity index is 2.43. The van der Waals surface area contributed by atoms with Gasteiger partial charge in [0.15, 0.2) is 0 Å². The van der Waals surface area contributed by atoms with Gasteiger partial charge in [-0.2, -0.15) is 0 Å². The van der Waals surface area contributed by atoms with E-state index in [0.29, 0.717) is 16.9 Å². The SMILES string of the molecule is Cc1cncc(C(=O)N(CC(=O)O)c2ccccc2N)c1. The van der Waals surface area contributed by atoms with Crippen molar-refractivity contribution in [3.05, 3.63) is 53.9 Å². The molecule has 108 valence electrons. The third-order valence-electron chi connectivity index (χ3n) is 2.89. The van der Waals surface area contributed by atoms with Gasteiger partial charge in [0.1, 0.15) is 6.54 Å². The number of aromatic nitrogens is 1. The van der Waals surface area contributed by atoms with Gasteiger partial charge < -0.3 is 10.8 Å². The summed E-state index contributed by atoms with van der Waals surface area (Å²) in [5, 5.41) is 9.04. The molecule has 0 saturated carbocycles. The van der Waals surface area contributed by atoms with Crippen LogP contribution < -0.4 is 10.6 Å². The van der Waals surface area contributed by atoms with Gasteiger partial charge in [-0.05, 0) is 30.7 Å². The van der Waals surface area contributed by atoms with E-state index in [-0.39, 0.29) is 0 Å². The van der Waals surface area contributed by atoms with Crippen molar-refractivity contribution in [2.45, 2.75) is 6.92 Å². The Bertz CT molecular complexity index is 685. The maximum Gasteiger partial charge on any atom is 0.323 e. The number of hydrogen-bond donors (Lipinski definition) is 2. The standard InChI is InChI=1S/C15H15N3O3/c1-10-6-11(8-17-7-10)15(21)18(9-14(19)20)13-5-3-2-4-12(13)16/h2-8H,9,16H2,1H3,(H,19,20). The molecule has 21 heavy (non-hydrogen) atoms. The Morgan fingerprint density at radius 2 is 2.00 bits per heavy atom. The first-order valence-corrected chi connectivity index (χ1v) is 6.29. The smallest absolute Gasteiger partial charge is 0.323 e. The van der Waals surface area contributed by atoms with Crippen molar-refractivity contribution in [2.75, 3.05) is 17.2 Å². The minimum Gasteiger partial charge on any atom is -0.480 e. The second-order valence-electron chi connectivity index (χ2n) is 4.59. The highest BCUT2D eigenvalue weighted by molar-refractivity contribution is 6.09. The number of nitrogen functional groups attached to an aromatic ring is 1. The maximum atomic E-state index is 12.6. The van der Waals surface area contributed by atoms with Crippen molar-refractivity contribution in [1.29, 1.82) is 0 Å². The quantitative estimate of drug-likeness (QED) is 0.833. The first-order chi connectivity index (χ1) is 9.99. The van der Waals surface area contributed by atoms with Crippen LogP contribution in [0, 0.1) is 6.92 Å². The van der Waals surface area contributed by atoms with Crippen LogP contribution in [0.5, 0.6) is 0 Å². The maximum absolute atomic E-state index is 12.6. The van der Waals surface area contributed by atoms with Crippen LogP contribution >= 0.6 is 0 Å². The van der Waals surface area contributed by atoms with Crippen molar-refractivity contribution in [3.8, 4) is 0 Å². The van der Waals surface area contributed by atoms with E-state index in [1.54, 1.807) is 36.5 Å². The van der Waals surface area contributed by atoms with Gasteiger partial charge in [0.2, 0.25) is 0 Å². The van der Waals surface area contributed by atoms with Crippen LogP contribution in [0.25, 0.3) is 0 Å². The molecule has 1 aromatic carbocycles. The number of carboxylic acids is 1. The number of aryl methyl sites for hydroxylation is 1. The van der Waals surface area contributed by atoms with Crippen LogP contribution in [-0.4, -0.2) is 28.5 Å². The molecule has 6 nitrogen and oxygen atoms in total. The summed E-state index contributed by atoms with van der Waals surface area (Å²) in [6.07, 6.45) is 3.03. The van der Waals surface area contributed by atoms with Crippen LogP contribution in [0.2, 0.25) is 0 Å². The van der Waals surface area contributed by atoms with Gasteiger partial charge in [-0.3, -0.25) is 19.5 Å². The summed E-state index contributed by atoms with van der Waals surface area (Å²) in [4.78, 5) is 28.7. The fourth-order valence-electron chi connectivity index (χ4n) is 1.96. The molecule has 0 aliphatic rings. The number of benzene rings is 1. The number of rotatable bonds is 4. The number of carboxylic acid groups (broad SMARTS) is 1. The molecule has 0 radical (unpaired) electrons. The topological polar surface area (TPSA) is 96.5 Å². The van der Waals surface area contributed by atoms with Gasteiger partial charge in [-0.25, -0.2) is 0 Å². The number of anilines is 2. The largest absolute Gasteiger partial charge is 0.480 e. The monoisotopic (exact) mass is 285 g/mol. The molecule has 0 saturated heterocycles. The molecule has 1 aromatic heterocycles. The van der Waals surface area contributed by atoms with Crippen molar-refractivity contribution < 1.29 is 14.7 Å². The molecule has 1 amide bonds. The van der Waals surface area contributed by atoms with Crippen molar-refractivity contribution in [3.63, 3.8) is 0 Å². The van der Waals surface area contributed by atoms with Crippen molar-refractivity contribution in [1.82, 2.24) is 4.98 Å². The van der Waals surface area contributed by atoms with E-state index < -0.39 is 18.4 Å². The summed E-state index contributed by atoms with van der Waals surface area (Å²) in [6, 6.07) is 8.30. The Labute approximate surface area is 121 Å². The normalized spacial score (nSPS) is 10.1. The number of pyridine rings is 1. The lowest BCUT2D eigenvalue weighted by atomic mass is 10.1. The van der Waals surface area contributed by atoms with Crippen LogP contribution in [-0.2, 0) is 4.79 Å². The minimum atomic E-state index is -1.12. The number of carbonyl (C=O) groups is 2. The van der Waals surface area contributed by atoms with Crippen LogP contribution in [0.1, 0.15) is 15.9 Å². The highest BCUT2D eigenvalue weighted by Crippen LogP contribution is 2.24. The van der Waals surface area contributed by atoms with Crippen molar-refractivity contribution >= 4 is 23.3 Å². The molecule has 3 N–H and O–H groups in total. The first-order valence-electron chi connectivity index (χ1n) is 6.29. The zero-order valence-corrected chi connectivity index (χ0v) is 11.5. The Morgan fingerprint density at radius 3 is 2.62 bits per heavy atom. The molecule has 6 heteroatoms. The Hall–Kier alpha value is -2.89. The average molecular weight is 285 g/mol. The summed E-state index contributed by atoms with van der Waals surface area (Å²) in [6.45, 7) is 1.34. The van der Waals surface area contributed by atoms with Gasteiger partial charge in [0.05, 0.1) is 16.9 Å². The minimum absolute atomic E-state index is 0.319. The van der Waals surface area contributed by atoms with E-state index in [2.05, 4.69) is 4.98 Å². The van der Waals surface area contributed by atoms with E-state index in [0.717, 1.165) is 10.5 Å². The van der Waals surface area contributed by atoms with Crippen molar-refractivity contribution in [2.24, 2.45) is 0 Å². The van der Waals surface area contributed by atoms with Gasteiger partial charge in [-0.1, -0.05) is 12.1 Å². The number of amides is 1. The number of nitrogens with zero attached hydrogens (tertiary/aromatic N) is 2. The fraction of sp³-hybridized carbons (Fsp3) is 0.133. The molecule has 0 spiro atoms. The van der Waals surface area contributed by atoms with Crippen LogP contribution in [0.3, 0.4) is 0 Å². The molecule has 0 fully saturated rings. The van der Waals surface area contributed by atoms with Crippen LogP contribution in [0.15, 0.2) is 42.7 Å². The molecule has 0 aliphatic heterocycles. The summed E-state index contributed by atoms with van der Waals surface area (Å²) in [5.41, 5.74) is 7.68. The predicted octanol–water partition coefficient (Wildman–Crippen LogP) is 1.70. The fourth-order valence-corrected chi connectivity index (χ4v) is 1.96. The molecule has 0 atom stereocenters. The summed E-state index contributed by atoms with van der Waals surface area (Å²) >= 11 is 0. The lowest BCUT2D eigenvalue weighted by Crippen LogP contribution is -2.36. The van der Waals surface area contributed by atoms with Gasteiger partial charge in [0.25, 0.3) is 5.91 Å². The number of para-hydroxylation sites is 2. The molecular formula is C15H15N3O3. The zero-order chi connectivity index (χ0) is 15.4. The molecule has 2 rings (SSSR count). The molecule has 0 unspecified atom stereocenters. The van der Waals surface area contributed by atoms with Gasteiger partial charge in [0, 0.05) is 12.4 Å². The third kappa shape index (κ3) is 3.36. The number of carbonyl (C=O) groups excluding carboxylic acids is 1. The van der Waals surface area contributed by atoms with E-state index in [1.165, 1.54) is 6.20 Å². The molecule has 0 bridgehead atoms. The predicted molar refractivity (Wildman–Crippen MR) is 79.1 cm³/mol. The van der Waals surface area contributed by atoms with Gasteiger partial charge in [-0.15, -0.1) is 0 Å².